The molecule has 1 atom stereocenters. The normalized spacial score (nSPS) is 14.7. The Bertz CT molecular complexity index is 1790. The van der Waals surface area contributed by atoms with Gasteiger partial charge in [-0.25, -0.2) is 9.79 Å². The largest absolute Gasteiger partial charge is 0.493 e. The lowest BCUT2D eigenvalue weighted by molar-refractivity contribution is -0.139. The first-order valence-corrected chi connectivity index (χ1v) is 13.9. The van der Waals surface area contributed by atoms with Crippen molar-refractivity contribution in [3.05, 3.63) is 120 Å². The number of methoxy groups -OCH3 is 2. The molecule has 0 fully saturated rings. The summed E-state index contributed by atoms with van der Waals surface area (Å²) in [5.74, 6) is 1.19. The molecule has 0 radical (unpaired) electrons. The summed E-state index contributed by atoms with van der Waals surface area (Å²) in [6, 6.07) is 22.1. The van der Waals surface area contributed by atoms with Crippen molar-refractivity contribution in [2.24, 2.45) is 4.99 Å². The molecular weight excluding hydrogens is 540 g/mol. The van der Waals surface area contributed by atoms with Crippen LogP contribution >= 0.6 is 11.3 Å². The minimum Gasteiger partial charge on any atom is -0.493 e. The molecule has 2 heterocycles. The average Bonchev–Trinajstić information content (AvgIpc) is 3.29. The molecule has 0 saturated carbocycles. The fourth-order valence-electron chi connectivity index (χ4n) is 4.72. The number of fused-ring (bicyclic) bond motifs is 1. The number of hydrogen-bond donors (Lipinski definition) is 0. The Morgan fingerprint density at radius 1 is 1.00 bits per heavy atom. The molecule has 41 heavy (non-hydrogen) atoms. The Hall–Kier alpha value is -4.63. The summed E-state index contributed by atoms with van der Waals surface area (Å²) < 4.78 is 24.3. The molecule has 1 aliphatic heterocycles. The van der Waals surface area contributed by atoms with Gasteiger partial charge in [-0.05, 0) is 60.9 Å². The number of benzene rings is 3. The topological polar surface area (TPSA) is 88.4 Å². The Balaban J connectivity index is 1.58. The maximum Gasteiger partial charge on any atom is 0.338 e. The Labute approximate surface area is 241 Å². The van der Waals surface area contributed by atoms with Gasteiger partial charge in [-0.2, -0.15) is 0 Å². The number of ether oxygens (including phenoxy) is 4. The van der Waals surface area contributed by atoms with Crippen molar-refractivity contribution in [3.63, 3.8) is 0 Å². The molecule has 1 aliphatic rings. The monoisotopic (exact) mass is 570 g/mol. The van der Waals surface area contributed by atoms with E-state index in [2.05, 4.69) is 4.99 Å². The summed E-state index contributed by atoms with van der Waals surface area (Å²) in [6.07, 6.45) is 1.81. The van der Waals surface area contributed by atoms with E-state index in [1.54, 1.807) is 37.7 Å². The van der Waals surface area contributed by atoms with Crippen LogP contribution in [-0.4, -0.2) is 31.4 Å². The summed E-state index contributed by atoms with van der Waals surface area (Å²) in [6.45, 7) is 4.13. The molecule has 1 aromatic heterocycles. The smallest absolute Gasteiger partial charge is 0.338 e. The number of aromatic nitrogens is 1. The third-order valence-electron chi connectivity index (χ3n) is 6.64. The van der Waals surface area contributed by atoms with Crippen LogP contribution in [0, 0.1) is 0 Å². The second-order valence-electron chi connectivity index (χ2n) is 9.26. The summed E-state index contributed by atoms with van der Waals surface area (Å²) in [4.78, 5) is 32.2. The minimum atomic E-state index is -0.757. The van der Waals surface area contributed by atoms with Crippen LogP contribution in [0.3, 0.4) is 0 Å². The predicted molar refractivity (Wildman–Crippen MR) is 157 cm³/mol. The van der Waals surface area contributed by atoms with Crippen molar-refractivity contribution in [3.8, 4) is 17.2 Å². The van der Waals surface area contributed by atoms with Gasteiger partial charge in [0.05, 0.1) is 42.7 Å². The highest BCUT2D eigenvalue weighted by molar-refractivity contribution is 7.07. The Morgan fingerprint density at radius 3 is 2.51 bits per heavy atom. The molecule has 0 saturated heterocycles. The van der Waals surface area contributed by atoms with E-state index >= 15 is 0 Å². The zero-order valence-electron chi connectivity index (χ0n) is 23.2. The summed E-state index contributed by atoms with van der Waals surface area (Å²) in [7, 11) is 3.09. The van der Waals surface area contributed by atoms with E-state index in [-0.39, 0.29) is 12.2 Å². The van der Waals surface area contributed by atoms with E-state index in [1.165, 1.54) is 18.4 Å². The number of rotatable bonds is 9. The van der Waals surface area contributed by atoms with Crippen molar-refractivity contribution in [1.29, 1.82) is 0 Å². The van der Waals surface area contributed by atoms with Crippen LogP contribution in [0.25, 0.3) is 6.08 Å². The molecule has 0 bridgehead atoms. The quantitative estimate of drug-likeness (QED) is 0.277. The van der Waals surface area contributed by atoms with Crippen LogP contribution < -0.4 is 29.1 Å². The molecule has 3 aromatic carbocycles. The van der Waals surface area contributed by atoms with Crippen LogP contribution in [0.2, 0.25) is 0 Å². The van der Waals surface area contributed by atoms with Crippen LogP contribution in [0.4, 0.5) is 0 Å². The number of esters is 1. The minimum absolute atomic E-state index is 0.196. The lowest BCUT2D eigenvalue weighted by atomic mass is 9.95. The lowest BCUT2D eigenvalue weighted by Gasteiger charge is -2.25. The van der Waals surface area contributed by atoms with Crippen LogP contribution in [0.15, 0.2) is 93.9 Å². The number of carbonyl (C=O) groups is 1. The lowest BCUT2D eigenvalue weighted by Crippen LogP contribution is -2.39. The first kappa shape index (κ1) is 27.9. The van der Waals surface area contributed by atoms with E-state index in [4.69, 9.17) is 18.9 Å². The molecule has 210 valence electrons. The Kier molecular flexibility index (Phi) is 8.35. The van der Waals surface area contributed by atoms with Crippen molar-refractivity contribution in [2.75, 3.05) is 20.8 Å². The van der Waals surface area contributed by atoms with Gasteiger partial charge >= 0.3 is 5.97 Å². The second kappa shape index (κ2) is 12.3. The van der Waals surface area contributed by atoms with E-state index in [0.717, 1.165) is 11.1 Å². The molecule has 0 amide bonds. The maximum absolute atomic E-state index is 13.9. The molecule has 4 aromatic rings. The zero-order chi connectivity index (χ0) is 28.9. The van der Waals surface area contributed by atoms with Crippen LogP contribution in [0.1, 0.15) is 36.6 Å². The van der Waals surface area contributed by atoms with Gasteiger partial charge in [0.25, 0.3) is 5.56 Å². The molecule has 0 spiro atoms. The third-order valence-corrected chi connectivity index (χ3v) is 7.63. The first-order valence-electron chi connectivity index (χ1n) is 13.1. The molecule has 9 heteroatoms. The van der Waals surface area contributed by atoms with Crippen molar-refractivity contribution in [1.82, 2.24) is 4.57 Å². The highest BCUT2D eigenvalue weighted by atomic mass is 32.1. The highest BCUT2D eigenvalue weighted by Gasteiger charge is 2.33. The van der Waals surface area contributed by atoms with E-state index in [1.807, 2.05) is 66.7 Å². The fraction of sp³-hybridized carbons (Fsp3) is 0.219. The van der Waals surface area contributed by atoms with Gasteiger partial charge in [0.1, 0.15) is 12.4 Å². The van der Waals surface area contributed by atoms with Gasteiger partial charge in [0.2, 0.25) is 0 Å². The summed E-state index contributed by atoms with van der Waals surface area (Å²) in [5, 5.41) is 0. The number of hydrogen-bond acceptors (Lipinski definition) is 8. The van der Waals surface area contributed by atoms with Crippen molar-refractivity contribution < 1.29 is 23.7 Å². The van der Waals surface area contributed by atoms with Crippen LogP contribution in [-0.2, 0) is 16.1 Å². The first-order chi connectivity index (χ1) is 19.9. The number of nitrogens with zero attached hydrogens (tertiary/aromatic N) is 2. The standard InChI is InChI=1S/C32H30N2O6S/c1-5-39-31(36)28-20(2)33-32-34(29(28)23-14-15-25(37-3)26(18-23)38-4)30(35)27(41-32)17-22-12-9-13-24(16-22)40-19-21-10-7-6-8-11-21/h6-18,29H,5,19H2,1-4H3/b27-17-/t29-/m1/s1. The number of allylic oxidation sites excluding steroid dienone is 1. The molecular formula is C32H30N2O6S. The van der Waals surface area contributed by atoms with Crippen LogP contribution in [0.5, 0.6) is 17.2 Å². The second-order valence-corrected chi connectivity index (χ2v) is 10.3. The summed E-state index contributed by atoms with van der Waals surface area (Å²) >= 11 is 1.26. The molecule has 5 rings (SSSR count). The maximum atomic E-state index is 13.9. The van der Waals surface area contributed by atoms with E-state index < -0.39 is 12.0 Å². The van der Waals surface area contributed by atoms with E-state index in [9.17, 15) is 9.59 Å². The highest BCUT2D eigenvalue weighted by Crippen LogP contribution is 2.36. The molecule has 0 unspecified atom stereocenters. The van der Waals surface area contributed by atoms with E-state index in [0.29, 0.717) is 50.0 Å². The van der Waals surface area contributed by atoms with Gasteiger partial charge in [0, 0.05) is 0 Å². The van der Waals surface area contributed by atoms with Gasteiger partial charge < -0.3 is 18.9 Å². The number of carbonyl (C=O) groups excluding carboxylic acids is 1. The van der Waals surface area contributed by atoms with Crippen molar-refractivity contribution in [2.45, 2.75) is 26.5 Å². The van der Waals surface area contributed by atoms with Crippen molar-refractivity contribution >= 4 is 23.4 Å². The SMILES string of the molecule is CCOC(=O)C1=C(C)N=c2s/c(=C\c3cccc(OCc4ccccc4)c3)c(=O)n2[C@@H]1c1ccc(OC)c(OC)c1. The summed E-state index contributed by atoms with van der Waals surface area (Å²) in [5.41, 5.74) is 3.07. The molecule has 0 N–H and O–H groups in total. The molecule has 0 aliphatic carbocycles. The van der Waals surface area contributed by atoms with Gasteiger partial charge in [-0.1, -0.05) is 59.9 Å². The zero-order valence-corrected chi connectivity index (χ0v) is 24.1. The number of thiazole rings is 1. The Morgan fingerprint density at radius 2 is 1.78 bits per heavy atom. The van der Waals surface area contributed by atoms with Gasteiger partial charge in [0.15, 0.2) is 16.3 Å². The molecule has 8 nitrogen and oxygen atoms in total. The predicted octanol–water partition coefficient (Wildman–Crippen LogP) is 4.39. The average molecular weight is 571 g/mol. The van der Waals surface area contributed by atoms with Gasteiger partial charge in [-0.15, -0.1) is 0 Å². The van der Waals surface area contributed by atoms with Gasteiger partial charge in [-0.3, -0.25) is 9.36 Å². The third kappa shape index (κ3) is 5.81. The fourth-order valence-corrected chi connectivity index (χ4v) is 5.76.